The van der Waals surface area contributed by atoms with Crippen molar-refractivity contribution in [1.82, 2.24) is 9.78 Å². The Morgan fingerprint density at radius 1 is 1.13 bits per heavy atom. The number of benzene rings is 2. The second kappa shape index (κ2) is 8.73. The molecule has 1 atom stereocenters. The Balaban J connectivity index is 1.49. The van der Waals surface area contributed by atoms with Crippen LogP contribution >= 0.6 is 23.2 Å². The van der Waals surface area contributed by atoms with Crippen LogP contribution in [0, 0.1) is 6.92 Å². The van der Waals surface area contributed by atoms with Crippen LogP contribution in [0.2, 0.25) is 10.2 Å². The van der Waals surface area contributed by atoms with Crippen molar-refractivity contribution < 1.29 is 14.3 Å². The number of carbonyl (C=O) groups excluding carboxylic acids is 2. The van der Waals surface area contributed by atoms with E-state index < -0.39 is 12.1 Å². The molecule has 2 aromatic carbocycles. The molecule has 0 spiro atoms. The summed E-state index contributed by atoms with van der Waals surface area (Å²) in [4.78, 5) is 27.4. The van der Waals surface area contributed by atoms with E-state index >= 15 is 0 Å². The molecule has 2 heterocycles. The normalized spacial score (nSPS) is 13.7. The van der Waals surface area contributed by atoms with Gasteiger partial charge >= 0.3 is 5.97 Å². The van der Waals surface area contributed by atoms with Crippen LogP contribution in [0.4, 0.5) is 5.69 Å². The molecule has 0 radical (unpaired) electrons. The second-order valence-electron chi connectivity index (χ2n) is 7.42. The highest BCUT2D eigenvalue weighted by Crippen LogP contribution is 2.29. The average Bonchev–Trinajstić information content (AvgIpc) is 3.29. The van der Waals surface area contributed by atoms with Gasteiger partial charge < -0.3 is 9.64 Å². The molecular weight excluding hydrogens is 437 g/mol. The van der Waals surface area contributed by atoms with Crippen molar-refractivity contribution in [1.29, 1.82) is 0 Å². The first kappa shape index (κ1) is 21.4. The van der Waals surface area contributed by atoms with Gasteiger partial charge in [0, 0.05) is 17.3 Å². The first-order valence-electron chi connectivity index (χ1n) is 9.93. The molecule has 160 valence electrons. The van der Waals surface area contributed by atoms with Gasteiger partial charge in [-0.05, 0) is 43.5 Å². The van der Waals surface area contributed by atoms with E-state index in [1.54, 1.807) is 24.8 Å². The van der Waals surface area contributed by atoms with Crippen LogP contribution in [0.3, 0.4) is 0 Å². The second-order valence-corrected chi connectivity index (χ2v) is 8.18. The minimum absolute atomic E-state index is 0.147. The van der Waals surface area contributed by atoms with Crippen LogP contribution in [0.1, 0.15) is 34.1 Å². The molecule has 0 N–H and O–H groups in total. The summed E-state index contributed by atoms with van der Waals surface area (Å²) in [5.74, 6) is -0.947. The Morgan fingerprint density at radius 3 is 2.61 bits per heavy atom. The number of rotatable bonds is 5. The summed E-state index contributed by atoms with van der Waals surface area (Å²) in [5.41, 5.74) is 3.36. The Hall–Kier alpha value is -2.83. The number of para-hydroxylation sites is 1. The summed E-state index contributed by atoms with van der Waals surface area (Å²) in [6, 6.07) is 15.1. The van der Waals surface area contributed by atoms with E-state index in [9.17, 15) is 9.59 Å². The van der Waals surface area contributed by atoms with Gasteiger partial charge in [0.2, 0.25) is 0 Å². The number of aromatic nitrogens is 2. The minimum Gasteiger partial charge on any atom is -0.449 e. The van der Waals surface area contributed by atoms with Crippen molar-refractivity contribution in [3.8, 4) is 0 Å². The first-order valence-corrected chi connectivity index (χ1v) is 10.7. The largest absolute Gasteiger partial charge is 0.449 e. The third-order valence-corrected chi connectivity index (χ3v) is 6.09. The maximum absolute atomic E-state index is 12.9. The van der Waals surface area contributed by atoms with Crippen molar-refractivity contribution in [3.05, 3.63) is 81.1 Å². The number of esters is 1. The Bertz CT molecular complexity index is 1160. The summed E-state index contributed by atoms with van der Waals surface area (Å²) in [5, 5.41) is 5.09. The SMILES string of the molecule is Cc1nn(Cc2ccccc2Cl)c(Cl)c1C(=O)OC(C)C(=O)N1CCc2ccccc21. The molecule has 0 aliphatic carbocycles. The number of aryl methyl sites for hydroxylation is 1. The average molecular weight is 458 g/mol. The van der Waals surface area contributed by atoms with Crippen molar-refractivity contribution in [2.75, 3.05) is 11.4 Å². The number of carbonyl (C=O) groups is 2. The summed E-state index contributed by atoms with van der Waals surface area (Å²) in [6.07, 6.45) is -0.177. The van der Waals surface area contributed by atoms with Gasteiger partial charge in [-0.15, -0.1) is 0 Å². The van der Waals surface area contributed by atoms with Gasteiger partial charge in [-0.2, -0.15) is 5.10 Å². The maximum Gasteiger partial charge on any atom is 0.343 e. The zero-order valence-corrected chi connectivity index (χ0v) is 18.7. The number of anilines is 1. The number of hydrogen-bond donors (Lipinski definition) is 0. The van der Waals surface area contributed by atoms with Crippen molar-refractivity contribution in [2.45, 2.75) is 32.9 Å². The molecule has 1 amide bonds. The lowest BCUT2D eigenvalue weighted by atomic mass is 10.2. The fraction of sp³-hybridized carbons (Fsp3) is 0.261. The lowest BCUT2D eigenvalue weighted by Gasteiger charge is -2.21. The molecule has 1 aromatic heterocycles. The molecule has 1 aliphatic heterocycles. The third-order valence-electron chi connectivity index (χ3n) is 5.33. The number of amides is 1. The van der Waals surface area contributed by atoms with E-state index in [0.717, 1.165) is 23.2 Å². The first-order chi connectivity index (χ1) is 14.9. The predicted molar refractivity (Wildman–Crippen MR) is 120 cm³/mol. The number of nitrogens with zero attached hydrogens (tertiary/aromatic N) is 3. The molecule has 31 heavy (non-hydrogen) atoms. The minimum atomic E-state index is -0.957. The molecule has 0 saturated carbocycles. The van der Waals surface area contributed by atoms with E-state index in [1.807, 2.05) is 42.5 Å². The fourth-order valence-electron chi connectivity index (χ4n) is 3.73. The third kappa shape index (κ3) is 4.18. The number of ether oxygens (including phenoxy) is 1. The van der Waals surface area contributed by atoms with E-state index in [1.165, 1.54) is 4.68 Å². The van der Waals surface area contributed by atoms with Gasteiger partial charge in [0.15, 0.2) is 6.10 Å². The van der Waals surface area contributed by atoms with Crippen molar-refractivity contribution in [2.24, 2.45) is 0 Å². The van der Waals surface area contributed by atoms with Crippen LogP contribution in [0.15, 0.2) is 48.5 Å². The predicted octanol–water partition coefficient (Wildman–Crippen LogP) is 4.68. The van der Waals surface area contributed by atoms with Crippen LogP contribution in [0.5, 0.6) is 0 Å². The summed E-state index contributed by atoms with van der Waals surface area (Å²) < 4.78 is 6.98. The van der Waals surface area contributed by atoms with Gasteiger partial charge in [0.25, 0.3) is 5.91 Å². The van der Waals surface area contributed by atoms with Crippen molar-refractivity contribution in [3.63, 3.8) is 0 Å². The van der Waals surface area contributed by atoms with E-state index in [-0.39, 0.29) is 16.6 Å². The van der Waals surface area contributed by atoms with Crippen molar-refractivity contribution >= 4 is 40.8 Å². The highest BCUT2D eigenvalue weighted by molar-refractivity contribution is 6.33. The number of halogens is 2. The van der Waals surface area contributed by atoms with Gasteiger partial charge in [0.05, 0.1) is 12.2 Å². The Morgan fingerprint density at radius 2 is 1.84 bits per heavy atom. The fourth-order valence-corrected chi connectivity index (χ4v) is 4.24. The quantitative estimate of drug-likeness (QED) is 0.521. The van der Waals surface area contributed by atoms with Crippen LogP contribution < -0.4 is 4.90 Å². The topological polar surface area (TPSA) is 64.4 Å². The van der Waals surface area contributed by atoms with Crippen LogP contribution in [-0.4, -0.2) is 34.3 Å². The molecule has 0 saturated heterocycles. The number of fused-ring (bicyclic) bond motifs is 1. The van der Waals surface area contributed by atoms with Gasteiger partial charge in [-0.25, -0.2) is 9.48 Å². The lowest BCUT2D eigenvalue weighted by molar-refractivity contribution is -0.126. The van der Waals surface area contributed by atoms with Gasteiger partial charge in [-0.1, -0.05) is 59.6 Å². The molecule has 4 rings (SSSR count). The Kier molecular flexibility index (Phi) is 6.03. The monoisotopic (exact) mass is 457 g/mol. The number of hydrogen-bond acceptors (Lipinski definition) is 4. The Labute approximate surface area is 190 Å². The molecule has 6 nitrogen and oxygen atoms in total. The highest BCUT2D eigenvalue weighted by Gasteiger charge is 2.31. The summed E-state index contributed by atoms with van der Waals surface area (Å²) in [7, 11) is 0. The standard InChI is InChI=1S/C23H21Cl2N3O3/c1-14-20(21(25)28(26-14)13-17-8-3-5-9-18(17)24)23(30)31-15(2)22(29)27-12-11-16-7-4-6-10-19(16)27/h3-10,15H,11-13H2,1-2H3. The lowest BCUT2D eigenvalue weighted by Crippen LogP contribution is -2.39. The van der Waals surface area contributed by atoms with Gasteiger partial charge in [-0.3, -0.25) is 4.79 Å². The van der Waals surface area contributed by atoms with E-state index in [0.29, 0.717) is 23.8 Å². The molecule has 3 aromatic rings. The molecular formula is C23H21Cl2N3O3. The van der Waals surface area contributed by atoms with E-state index in [2.05, 4.69) is 5.10 Å². The molecule has 0 bridgehead atoms. The maximum atomic E-state index is 12.9. The summed E-state index contributed by atoms with van der Waals surface area (Å²) >= 11 is 12.7. The molecule has 1 aliphatic rings. The summed E-state index contributed by atoms with van der Waals surface area (Å²) in [6.45, 7) is 4.12. The smallest absolute Gasteiger partial charge is 0.343 e. The zero-order valence-electron chi connectivity index (χ0n) is 17.1. The van der Waals surface area contributed by atoms with Crippen LogP contribution in [-0.2, 0) is 22.5 Å². The van der Waals surface area contributed by atoms with Crippen LogP contribution in [0.25, 0.3) is 0 Å². The van der Waals surface area contributed by atoms with Gasteiger partial charge in [0.1, 0.15) is 10.7 Å². The molecule has 1 unspecified atom stereocenters. The zero-order chi connectivity index (χ0) is 22.1. The molecule has 8 heteroatoms. The van der Waals surface area contributed by atoms with E-state index in [4.69, 9.17) is 27.9 Å². The molecule has 0 fully saturated rings. The highest BCUT2D eigenvalue weighted by atomic mass is 35.5.